The summed E-state index contributed by atoms with van der Waals surface area (Å²) in [5.41, 5.74) is -0.883. The van der Waals surface area contributed by atoms with E-state index in [1.807, 2.05) is 18.2 Å². The molecular formula is C13H18O2. The summed E-state index contributed by atoms with van der Waals surface area (Å²) < 4.78 is 5.27. The van der Waals surface area contributed by atoms with Crippen molar-refractivity contribution in [2.24, 2.45) is 0 Å². The van der Waals surface area contributed by atoms with Crippen LogP contribution in [0.25, 0.3) is 0 Å². The van der Waals surface area contributed by atoms with E-state index in [2.05, 4.69) is 13.2 Å². The van der Waals surface area contributed by atoms with Crippen LogP contribution >= 0.6 is 0 Å². The summed E-state index contributed by atoms with van der Waals surface area (Å²) in [6.07, 6.45) is 8.02. The third-order valence-corrected chi connectivity index (χ3v) is 2.50. The molecule has 0 atom stereocenters. The first-order valence-corrected chi connectivity index (χ1v) is 5.21. The maximum atomic E-state index is 10.4. The molecule has 0 saturated carbocycles. The van der Waals surface area contributed by atoms with Gasteiger partial charge in [-0.15, -0.1) is 13.2 Å². The van der Waals surface area contributed by atoms with Gasteiger partial charge in [-0.1, -0.05) is 12.2 Å². The number of furan rings is 1. The standard InChI is InChI=1S/C13H18O2/c1-3-5-9-13(14,10-6-4-2)12-8-7-11-15-12/h3-4,7-8,11,14H,1-2,5-6,9-10H2. The second-order valence-electron chi connectivity index (χ2n) is 3.66. The van der Waals surface area contributed by atoms with Crippen LogP contribution in [0.3, 0.4) is 0 Å². The second kappa shape index (κ2) is 5.56. The first-order valence-electron chi connectivity index (χ1n) is 5.21. The minimum Gasteiger partial charge on any atom is -0.466 e. The fourth-order valence-corrected chi connectivity index (χ4v) is 1.60. The molecule has 1 aromatic heterocycles. The van der Waals surface area contributed by atoms with Crippen LogP contribution < -0.4 is 0 Å². The highest BCUT2D eigenvalue weighted by atomic mass is 16.4. The Labute approximate surface area is 90.9 Å². The van der Waals surface area contributed by atoms with Crippen molar-refractivity contribution in [1.29, 1.82) is 0 Å². The molecule has 0 saturated heterocycles. The Kier molecular flexibility index (Phi) is 4.37. The van der Waals surface area contributed by atoms with Crippen molar-refractivity contribution in [3.63, 3.8) is 0 Å². The van der Waals surface area contributed by atoms with Crippen molar-refractivity contribution in [2.45, 2.75) is 31.3 Å². The predicted octanol–water partition coefficient (Wildman–Crippen LogP) is 3.40. The highest BCUT2D eigenvalue weighted by molar-refractivity contribution is 5.10. The van der Waals surface area contributed by atoms with Crippen molar-refractivity contribution in [1.82, 2.24) is 0 Å². The van der Waals surface area contributed by atoms with Gasteiger partial charge in [0.25, 0.3) is 0 Å². The SMILES string of the molecule is C=CCCC(O)(CCC=C)c1ccco1. The number of hydrogen-bond acceptors (Lipinski definition) is 2. The van der Waals surface area contributed by atoms with E-state index in [4.69, 9.17) is 4.42 Å². The Morgan fingerprint density at radius 2 is 1.87 bits per heavy atom. The van der Waals surface area contributed by atoms with E-state index in [0.717, 1.165) is 12.8 Å². The molecule has 1 N–H and O–H groups in total. The Morgan fingerprint density at radius 1 is 1.27 bits per heavy atom. The zero-order valence-corrected chi connectivity index (χ0v) is 8.98. The molecule has 0 aliphatic carbocycles. The molecule has 0 spiro atoms. The fraction of sp³-hybridized carbons (Fsp3) is 0.385. The molecule has 15 heavy (non-hydrogen) atoms. The Morgan fingerprint density at radius 3 is 2.27 bits per heavy atom. The summed E-state index contributed by atoms with van der Waals surface area (Å²) in [7, 11) is 0. The summed E-state index contributed by atoms with van der Waals surface area (Å²) in [4.78, 5) is 0. The minimum atomic E-state index is -0.883. The first-order chi connectivity index (χ1) is 7.23. The highest BCUT2D eigenvalue weighted by Gasteiger charge is 2.30. The molecule has 2 heteroatoms. The summed E-state index contributed by atoms with van der Waals surface area (Å²) in [6.45, 7) is 7.33. The van der Waals surface area contributed by atoms with Gasteiger partial charge in [-0.25, -0.2) is 0 Å². The van der Waals surface area contributed by atoms with E-state index in [1.165, 1.54) is 0 Å². The van der Waals surface area contributed by atoms with E-state index >= 15 is 0 Å². The van der Waals surface area contributed by atoms with Gasteiger partial charge in [0.05, 0.1) is 6.26 Å². The quantitative estimate of drug-likeness (QED) is 0.694. The minimum absolute atomic E-state index is 0.631. The lowest BCUT2D eigenvalue weighted by Crippen LogP contribution is -2.24. The van der Waals surface area contributed by atoms with Crippen molar-refractivity contribution >= 4 is 0 Å². The molecule has 1 rings (SSSR count). The molecule has 0 bridgehead atoms. The number of allylic oxidation sites excluding steroid dienone is 2. The number of hydrogen-bond donors (Lipinski definition) is 1. The molecule has 0 aliphatic rings. The average molecular weight is 206 g/mol. The maximum Gasteiger partial charge on any atom is 0.135 e. The van der Waals surface area contributed by atoms with Crippen LogP contribution in [0.15, 0.2) is 48.1 Å². The van der Waals surface area contributed by atoms with Crippen molar-refractivity contribution in [3.8, 4) is 0 Å². The van der Waals surface area contributed by atoms with Gasteiger partial charge in [0.1, 0.15) is 11.4 Å². The normalized spacial score (nSPS) is 11.3. The maximum absolute atomic E-state index is 10.4. The van der Waals surface area contributed by atoms with Gasteiger partial charge in [0, 0.05) is 0 Å². The zero-order chi connectivity index (χ0) is 11.1. The van der Waals surface area contributed by atoms with Crippen molar-refractivity contribution < 1.29 is 9.52 Å². The highest BCUT2D eigenvalue weighted by Crippen LogP contribution is 2.32. The van der Waals surface area contributed by atoms with Crippen LogP contribution in [0.2, 0.25) is 0 Å². The molecule has 0 radical (unpaired) electrons. The lowest BCUT2D eigenvalue weighted by atomic mass is 9.89. The van der Waals surface area contributed by atoms with Crippen LogP contribution in [0.4, 0.5) is 0 Å². The molecular weight excluding hydrogens is 188 g/mol. The van der Waals surface area contributed by atoms with Crippen molar-refractivity contribution in [2.75, 3.05) is 0 Å². The molecule has 0 aromatic carbocycles. The van der Waals surface area contributed by atoms with E-state index in [0.29, 0.717) is 18.6 Å². The van der Waals surface area contributed by atoms with E-state index in [9.17, 15) is 5.11 Å². The van der Waals surface area contributed by atoms with Gasteiger partial charge >= 0.3 is 0 Å². The van der Waals surface area contributed by atoms with Gasteiger partial charge in [0.2, 0.25) is 0 Å². The van der Waals surface area contributed by atoms with E-state index in [1.54, 1.807) is 12.3 Å². The topological polar surface area (TPSA) is 33.4 Å². The molecule has 1 heterocycles. The predicted molar refractivity (Wildman–Crippen MR) is 61.5 cm³/mol. The van der Waals surface area contributed by atoms with Crippen LogP contribution in [0.5, 0.6) is 0 Å². The Hall–Kier alpha value is -1.28. The largest absolute Gasteiger partial charge is 0.466 e. The number of rotatable bonds is 7. The molecule has 82 valence electrons. The van der Waals surface area contributed by atoms with Gasteiger partial charge < -0.3 is 9.52 Å². The van der Waals surface area contributed by atoms with Gasteiger partial charge in [-0.3, -0.25) is 0 Å². The third-order valence-electron chi connectivity index (χ3n) is 2.50. The molecule has 2 nitrogen and oxygen atoms in total. The van der Waals surface area contributed by atoms with Crippen LogP contribution in [0.1, 0.15) is 31.4 Å². The molecule has 0 fully saturated rings. The first kappa shape index (κ1) is 11.8. The van der Waals surface area contributed by atoms with Crippen molar-refractivity contribution in [3.05, 3.63) is 49.5 Å². The Bertz CT molecular complexity index is 286. The Balaban J connectivity index is 2.75. The molecule has 1 aromatic rings. The van der Waals surface area contributed by atoms with Crippen LogP contribution in [-0.4, -0.2) is 5.11 Å². The van der Waals surface area contributed by atoms with Crippen LogP contribution in [-0.2, 0) is 5.60 Å². The van der Waals surface area contributed by atoms with Gasteiger partial charge in [-0.2, -0.15) is 0 Å². The zero-order valence-electron chi connectivity index (χ0n) is 8.98. The number of aliphatic hydroxyl groups is 1. The fourth-order valence-electron chi connectivity index (χ4n) is 1.60. The summed E-state index contributed by atoms with van der Waals surface area (Å²) in [5.74, 6) is 0.631. The smallest absolute Gasteiger partial charge is 0.135 e. The third kappa shape index (κ3) is 3.10. The van der Waals surface area contributed by atoms with Crippen LogP contribution in [0, 0.1) is 0 Å². The summed E-state index contributed by atoms with van der Waals surface area (Å²) in [6, 6.07) is 3.61. The molecule has 0 amide bonds. The lowest BCUT2D eigenvalue weighted by Gasteiger charge is -2.25. The summed E-state index contributed by atoms with van der Waals surface area (Å²) in [5, 5.41) is 10.4. The molecule has 0 aliphatic heterocycles. The van der Waals surface area contributed by atoms with E-state index in [-0.39, 0.29) is 0 Å². The van der Waals surface area contributed by atoms with E-state index < -0.39 is 5.60 Å². The van der Waals surface area contributed by atoms with Gasteiger partial charge in [0.15, 0.2) is 0 Å². The molecule has 0 unspecified atom stereocenters. The summed E-state index contributed by atoms with van der Waals surface area (Å²) >= 11 is 0. The average Bonchev–Trinajstić information content (AvgIpc) is 2.77. The lowest BCUT2D eigenvalue weighted by molar-refractivity contribution is -0.000536. The van der Waals surface area contributed by atoms with Gasteiger partial charge in [-0.05, 0) is 37.8 Å². The second-order valence-corrected chi connectivity index (χ2v) is 3.66. The monoisotopic (exact) mass is 206 g/mol.